The van der Waals surface area contributed by atoms with E-state index < -0.39 is 6.16 Å². The Hall–Kier alpha value is -0.890. The lowest BCUT2D eigenvalue weighted by Gasteiger charge is -2.07. The number of carboxylic acid groups (broad SMARTS) is 2. The Morgan fingerprint density at radius 3 is 1.06 bits per heavy atom. The second-order valence-electron chi connectivity index (χ2n) is 4.89. The second kappa shape index (κ2) is 9.34. The molecule has 0 rings (SSSR count). The molecule has 0 bridgehead atoms. The highest BCUT2D eigenvalue weighted by Gasteiger charge is 2.10. The second-order valence-corrected chi connectivity index (χ2v) is 4.89. The van der Waals surface area contributed by atoms with Gasteiger partial charge in [-0.1, -0.05) is 0 Å². The van der Waals surface area contributed by atoms with Crippen molar-refractivity contribution in [3.63, 3.8) is 0 Å². The fourth-order valence-corrected chi connectivity index (χ4v) is 0. The Bertz CT molecular complexity index is 154. The van der Waals surface area contributed by atoms with Crippen molar-refractivity contribution in [2.75, 3.05) is 13.2 Å². The van der Waals surface area contributed by atoms with Gasteiger partial charge in [-0.05, 0) is 33.9 Å². The molecule has 0 aromatic rings. The molecule has 0 aromatic carbocycles. The van der Waals surface area contributed by atoms with Gasteiger partial charge in [-0.2, -0.15) is 0 Å². The summed E-state index contributed by atoms with van der Waals surface area (Å²) in [6, 6.07) is 0. The van der Waals surface area contributed by atoms with E-state index in [1.165, 1.54) is 0 Å². The molecule has 0 heterocycles. The molecule has 7 heteroatoms. The number of carbonyl (C=O) groups is 1. The monoisotopic (exact) mass is 240 g/mol. The average Bonchev–Trinajstić information content (AvgIpc) is 2.02. The van der Waals surface area contributed by atoms with Crippen molar-refractivity contribution in [1.82, 2.24) is 0 Å². The predicted molar refractivity (Wildman–Crippen MR) is 53.5 cm³/mol. The summed E-state index contributed by atoms with van der Waals surface area (Å²) in [5.74, 6) is 0. The number of hydrogen-bond acceptors (Lipinski definition) is 5. The molecule has 0 saturated carbocycles. The van der Waals surface area contributed by atoms with Gasteiger partial charge in [0.25, 0.3) is 0 Å². The van der Waals surface area contributed by atoms with Crippen molar-refractivity contribution >= 4 is 6.16 Å². The third kappa shape index (κ3) is 73.6. The van der Waals surface area contributed by atoms with Gasteiger partial charge in [-0.25, -0.2) is 0 Å². The van der Waals surface area contributed by atoms with Crippen LogP contribution in [-0.2, 0) is 0 Å². The Morgan fingerprint density at radius 1 is 1.00 bits per heavy atom. The highest BCUT2D eigenvalue weighted by Crippen LogP contribution is 1.86. The van der Waals surface area contributed by atoms with Gasteiger partial charge in [-0.15, -0.1) is 0 Å². The lowest BCUT2D eigenvalue weighted by Crippen LogP contribution is -2.71. The van der Waals surface area contributed by atoms with Gasteiger partial charge < -0.3 is 36.7 Å². The summed E-state index contributed by atoms with van der Waals surface area (Å²) in [4.78, 5) is 8.33. The number of carbonyl (C=O) groups excluding carboxylic acids is 1. The van der Waals surface area contributed by atoms with Crippen LogP contribution in [0.25, 0.3) is 0 Å². The zero-order valence-electron chi connectivity index (χ0n) is 10.4. The molecule has 100 valence electrons. The highest BCUT2D eigenvalue weighted by molar-refractivity contribution is 5.47. The number of rotatable bonds is 2. The van der Waals surface area contributed by atoms with Crippen molar-refractivity contribution in [2.24, 2.45) is 0 Å². The molecule has 0 aliphatic carbocycles. The standard InChI is InChI=1S/2C4H11NO.CH2O3/c2*1-4(2,5)3-6;2-1(3)4/h2*6H,3,5H2,1-2H3;(H2,2,3,4). The van der Waals surface area contributed by atoms with Crippen LogP contribution in [0.5, 0.6) is 0 Å². The quantitative estimate of drug-likeness (QED) is 0.382. The fraction of sp³-hybridized carbons (Fsp3) is 0.889. The molecule has 0 radical (unpaired) electrons. The number of aliphatic hydroxyl groups excluding tert-OH is 2. The topological polar surface area (TPSA) is 159 Å². The van der Waals surface area contributed by atoms with Gasteiger partial charge in [-0.3, -0.25) is 0 Å². The Morgan fingerprint density at radius 2 is 1.06 bits per heavy atom. The maximum atomic E-state index is 8.34. The molecule has 0 amide bonds. The summed E-state index contributed by atoms with van der Waals surface area (Å²) >= 11 is 0. The van der Waals surface area contributed by atoms with E-state index >= 15 is 0 Å². The van der Waals surface area contributed by atoms with E-state index in [2.05, 4.69) is 11.5 Å². The molecule has 0 saturated heterocycles. The maximum absolute atomic E-state index is 8.34. The third-order valence-electron chi connectivity index (χ3n) is 0.856. The van der Waals surface area contributed by atoms with Crippen LogP contribution in [0, 0.1) is 0 Å². The third-order valence-corrected chi connectivity index (χ3v) is 0.856. The largest absolute Gasteiger partial charge is 0.652 e. The summed E-state index contributed by atoms with van der Waals surface area (Å²) in [6.45, 7) is 7.85. The zero-order chi connectivity index (χ0) is 14.0. The molecule has 7 nitrogen and oxygen atoms in total. The minimum Gasteiger partial charge on any atom is -0.652 e. The van der Waals surface area contributed by atoms with Gasteiger partial charge in [0.05, 0.1) is 13.2 Å². The number of quaternary nitrogens is 2. The number of aliphatic hydroxyl groups is 2. The van der Waals surface area contributed by atoms with Gasteiger partial charge in [0.1, 0.15) is 11.1 Å². The van der Waals surface area contributed by atoms with Crippen LogP contribution in [0.15, 0.2) is 0 Å². The molecule has 0 unspecified atom stereocenters. The molecular formula is C9H24N2O5. The molecule has 0 spiro atoms. The lowest BCUT2D eigenvalue weighted by molar-refractivity contribution is -0.471. The van der Waals surface area contributed by atoms with E-state index in [-0.39, 0.29) is 24.3 Å². The van der Waals surface area contributed by atoms with Crippen LogP contribution < -0.4 is 21.7 Å². The van der Waals surface area contributed by atoms with Crippen LogP contribution in [0.4, 0.5) is 4.79 Å². The summed E-state index contributed by atoms with van der Waals surface area (Å²) < 4.78 is 0. The Kier molecular flexibility index (Phi) is 12.0. The van der Waals surface area contributed by atoms with Crippen molar-refractivity contribution < 1.29 is 36.7 Å². The molecule has 0 aliphatic heterocycles. The van der Waals surface area contributed by atoms with E-state index in [9.17, 15) is 0 Å². The Balaban J connectivity index is -0.000000162. The lowest BCUT2D eigenvalue weighted by atomic mass is 10.1. The van der Waals surface area contributed by atoms with Crippen molar-refractivity contribution in [2.45, 2.75) is 38.8 Å². The van der Waals surface area contributed by atoms with Crippen LogP contribution >= 0.6 is 0 Å². The summed E-state index contributed by atoms with van der Waals surface area (Å²) in [6.07, 6.45) is -2.33. The van der Waals surface area contributed by atoms with Crippen LogP contribution in [0.1, 0.15) is 27.7 Å². The van der Waals surface area contributed by atoms with Crippen molar-refractivity contribution in [1.29, 1.82) is 0 Å². The minimum absolute atomic E-state index is 0.153. The zero-order valence-corrected chi connectivity index (χ0v) is 10.4. The van der Waals surface area contributed by atoms with E-state index in [0.29, 0.717) is 0 Å². The van der Waals surface area contributed by atoms with E-state index in [1.54, 1.807) is 0 Å². The van der Waals surface area contributed by atoms with Gasteiger partial charge in [0.2, 0.25) is 0 Å². The molecular weight excluding hydrogens is 216 g/mol. The predicted octanol–water partition coefficient (Wildman–Crippen LogP) is -4.45. The summed E-state index contributed by atoms with van der Waals surface area (Å²) in [5.41, 5.74) is 6.97. The number of hydrogen-bond donors (Lipinski definition) is 4. The van der Waals surface area contributed by atoms with Crippen LogP contribution in [0.3, 0.4) is 0 Å². The van der Waals surface area contributed by atoms with E-state index in [0.717, 1.165) is 0 Å². The first-order chi connectivity index (χ1) is 6.85. The van der Waals surface area contributed by atoms with Crippen LogP contribution in [-0.4, -0.2) is 40.7 Å². The maximum Gasteiger partial charge on any atom is 0.112 e. The van der Waals surface area contributed by atoms with Gasteiger partial charge in [0.15, 0.2) is 0 Å². The molecule has 16 heavy (non-hydrogen) atoms. The van der Waals surface area contributed by atoms with Gasteiger partial charge in [0, 0.05) is 0 Å². The molecule has 8 N–H and O–H groups in total. The molecule has 0 atom stereocenters. The van der Waals surface area contributed by atoms with Crippen molar-refractivity contribution in [3.05, 3.63) is 0 Å². The summed E-state index contributed by atoms with van der Waals surface area (Å²) in [5, 5.41) is 33.3. The molecule has 0 fully saturated rings. The van der Waals surface area contributed by atoms with E-state index in [1.807, 2.05) is 27.7 Å². The van der Waals surface area contributed by atoms with Crippen molar-refractivity contribution in [3.8, 4) is 0 Å². The molecule has 0 aliphatic rings. The first kappa shape index (κ1) is 20.5. The Labute approximate surface area is 95.7 Å². The fourth-order valence-electron chi connectivity index (χ4n) is 0. The van der Waals surface area contributed by atoms with E-state index in [4.69, 9.17) is 25.2 Å². The van der Waals surface area contributed by atoms with Crippen LogP contribution in [0.2, 0.25) is 0 Å². The normalized spacial score (nSPS) is 10.5. The van der Waals surface area contributed by atoms with Gasteiger partial charge >= 0.3 is 0 Å². The minimum atomic E-state index is -2.33. The smallest absolute Gasteiger partial charge is 0.112 e. The summed E-state index contributed by atoms with van der Waals surface area (Å²) in [7, 11) is 0. The first-order valence-electron chi connectivity index (χ1n) is 4.66. The SMILES string of the molecule is CC(C)([NH3+])CO.CC(C)([NH3+])CO.O=C([O-])[O-]. The average molecular weight is 240 g/mol. The highest BCUT2D eigenvalue weighted by atomic mass is 16.6. The molecule has 0 aromatic heterocycles. The first-order valence-corrected chi connectivity index (χ1v) is 4.66.